The summed E-state index contributed by atoms with van der Waals surface area (Å²) < 4.78 is 29.0. The molecule has 4 unspecified atom stereocenters. The van der Waals surface area contributed by atoms with Crippen LogP contribution in [0.3, 0.4) is 0 Å². The maximum absolute atomic E-state index is 11.7. The van der Waals surface area contributed by atoms with Gasteiger partial charge in [0.15, 0.2) is 6.29 Å². The second-order valence-corrected chi connectivity index (χ2v) is 8.34. The summed E-state index contributed by atoms with van der Waals surface area (Å²) >= 11 is 0. The molecule has 0 N–H and O–H groups in total. The molecule has 2 aliphatic rings. The Morgan fingerprint density at radius 1 is 0.933 bits per heavy atom. The third-order valence-corrected chi connectivity index (χ3v) is 6.25. The molecule has 170 valence electrons. The summed E-state index contributed by atoms with van der Waals surface area (Å²) in [5.74, 6) is -1.05. The molecular formula is C20H33N3O7. The molecule has 0 aliphatic carbocycles. The van der Waals surface area contributed by atoms with Gasteiger partial charge in [-0.15, -0.1) is 0 Å². The van der Waals surface area contributed by atoms with E-state index in [4.69, 9.17) is 29.2 Å². The smallest absolute Gasteiger partial charge is 0.303 e. The van der Waals surface area contributed by atoms with Gasteiger partial charge in [-0.2, -0.15) is 0 Å². The minimum atomic E-state index is -0.901. The second-order valence-electron chi connectivity index (χ2n) is 8.34. The number of hydrogen-bond donors (Lipinski definition) is 0. The fraction of sp³-hybridized carbons (Fsp3) is 0.900. The third kappa shape index (κ3) is 5.63. The Morgan fingerprint density at radius 2 is 1.60 bits per heavy atom. The summed E-state index contributed by atoms with van der Waals surface area (Å²) in [5, 5.41) is 3.91. The van der Waals surface area contributed by atoms with E-state index in [1.807, 2.05) is 34.6 Å². The Bertz CT molecular complexity index is 669. The molecule has 2 rings (SSSR count). The number of hydrogen-bond acceptors (Lipinski definition) is 8. The lowest BCUT2D eigenvalue weighted by atomic mass is 9.82. The van der Waals surface area contributed by atoms with E-state index in [0.29, 0.717) is 0 Å². The molecule has 10 nitrogen and oxygen atoms in total. The van der Waals surface area contributed by atoms with Crippen LogP contribution in [0.2, 0.25) is 0 Å². The van der Waals surface area contributed by atoms with Crippen molar-refractivity contribution in [3.05, 3.63) is 10.4 Å². The van der Waals surface area contributed by atoms with Crippen LogP contribution in [0.5, 0.6) is 0 Å². The Morgan fingerprint density at radius 3 is 2.17 bits per heavy atom. The lowest BCUT2D eigenvalue weighted by Gasteiger charge is -2.47. The van der Waals surface area contributed by atoms with Gasteiger partial charge in [-0.3, -0.25) is 9.59 Å². The van der Waals surface area contributed by atoms with Crippen molar-refractivity contribution in [3.63, 3.8) is 0 Å². The number of rotatable bonds is 6. The van der Waals surface area contributed by atoms with Crippen LogP contribution in [0.4, 0.5) is 0 Å². The van der Waals surface area contributed by atoms with Crippen molar-refractivity contribution in [2.45, 2.75) is 91.3 Å². The average Bonchev–Trinajstić information content (AvgIpc) is 2.66. The molecule has 0 bridgehead atoms. The quantitative estimate of drug-likeness (QED) is 0.276. The zero-order valence-corrected chi connectivity index (χ0v) is 18.7. The number of esters is 2. The maximum Gasteiger partial charge on any atom is 0.303 e. The Hall–Kier alpha value is -1.87. The van der Waals surface area contributed by atoms with Crippen molar-refractivity contribution >= 4 is 11.9 Å². The van der Waals surface area contributed by atoms with Gasteiger partial charge in [0.25, 0.3) is 0 Å². The van der Waals surface area contributed by atoms with E-state index in [2.05, 4.69) is 10.0 Å². The highest BCUT2D eigenvalue weighted by Gasteiger charge is 2.48. The summed E-state index contributed by atoms with van der Waals surface area (Å²) in [6.07, 6.45) is -2.99. The maximum atomic E-state index is 11.7. The summed E-state index contributed by atoms with van der Waals surface area (Å²) in [7, 11) is 0. The fourth-order valence-corrected chi connectivity index (χ4v) is 4.08. The van der Waals surface area contributed by atoms with E-state index in [1.165, 1.54) is 13.8 Å². The Balaban J connectivity index is 2.27. The molecule has 0 radical (unpaired) electrons. The van der Waals surface area contributed by atoms with E-state index < -0.39 is 42.6 Å². The van der Waals surface area contributed by atoms with Crippen LogP contribution in [0.15, 0.2) is 5.11 Å². The van der Waals surface area contributed by atoms with Crippen LogP contribution in [0.25, 0.3) is 10.4 Å². The molecule has 2 saturated heterocycles. The van der Waals surface area contributed by atoms with Crippen molar-refractivity contribution in [1.82, 2.24) is 0 Å². The van der Waals surface area contributed by atoms with Crippen molar-refractivity contribution in [2.75, 3.05) is 6.61 Å². The van der Waals surface area contributed by atoms with E-state index in [0.717, 1.165) is 0 Å². The SMILES string of the molecule is CC(=O)OCC1O[C@@H](O[C@@H]2C(C)O[C@@H](C)C(C)[C@@H]2OC(C)=O)C(N=[N+]=[N-])[C@@H](C)[C@@H]1C. The molecule has 10 heteroatoms. The van der Waals surface area contributed by atoms with Crippen molar-refractivity contribution in [3.8, 4) is 0 Å². The number of ether oxygens (including phenoxy) is 5. The van der Waals surface area contributed by atoms with Crippen molar-refractivity contribution in [1.29, 1.82) is 0 Å². The molecule has 10 atom stereocenters. The second kappa shape index (κ2) is 10.4. The first kappa shape index (κ1) is 24.4. The zero-order valence-electron chi connectivity index (χ0n) is 18.7. The van der Waals surface area contributed by atoms with Gasteiger partial charge in [0.2, 0.25) is 0 Å². The third-order valence-electron chi connectivity index (χ3n) is 6.25. The lowest BCUT2D eigenvalue weighted by molar-refractivity contribution is -0.299. The lowest BCUT2D eigenvalue weighted by Crippen LogP contribution is -2.59. The van der Waals surface area contributed by atoms with Gasteiger partial charge in [-0.05, 0) is 31.2 Å². The molecule has 0 amide bonds. The van der Waals surface area contributed by atoms with E-state index >= 15 is 0 Å². The molecule has 0 aromatic carbocycles. The summed E-state index contributed by atoms with van der Waals surface area (Å²) in [4.78, 5) is 25.9. The molecular weight excluding hydrogens is 394 g/mol. The largest absolute Gasteiger partial charge is 0.463 e. The Labute approximate surface area is 177 Å². The molecule has 0 saturated carbocycles. The number of nitrogens with zero attached hydrogens (tertiary/aromatic N) is 3. The zero-order chi connectivity index (χ0) is 22.6. The van der Waals surface area contributed by atoms with Crippen LogP contribution in [-0.4, -0.2) is 61.4 Å². The standard InChI is InChI=1S/C20H33N3O7/c1-9-10(2)17(22-23-21)20(29-16(9)8-26-14(6)24)30-19-13(5)27-12(4)11(3)18(19)28-15(7)25/h9-13,16-20H,8H2,1-7H3/t9-,10-,11?,12-,13?,16?,17?,18-,19+,20-/m0/s1. The van der Waals surface area contributed by atoms with Crippen LogP contribution in [0, 0.1) is 17.8 Å². The Kier molecular flexibility index (Phi) is 8.49. The predicted octanol–water partition coefficient (Wildman–Crippen LogP) is 2.99. The molecule has 2 fully saturated rings. The van der Waals surface area contributed by atoms with E-state index in [9.17, 15) is 9.59 Å². The summed E-state index contributed by atoms with van der Waals surface area (Å²) in [5.41, 5.74) is 9.07. The van der Waals surface area contributed by atoms with Crippen LogP contribution in [0.1, 0.15) is 48.5 Å². The van der Waals surface area contributed by atoms with Crippen molar-refractivity contribution < 1.29 is 33.3 Å². The molecule has 2 heterocycles. The molecule has 2 aliphatic heterocycles. The monoisotopic (exact) mass is 427 g/mol. The predicted molar refractivity (Wildman–Crippen MR) is 106 cm³/mol. The first-order valence-corrected chi connectivity index (χ1v) is 10.4. The van der Waals surface area contributed by atoms with Crippen LogP contribution < -0.4 is 0 Å². The van der Waals surface area contributed by atoms with Crippen molar-refractivity contribution in [2.24, 2.45) is 22.9 Å². The topological polar surface area (TPSA) is 129 Å². The highest BCUT2D eigenvalue weighted by molar-refractivity contribution is 5.66. The van der Waals surface area contributed by atoms with Gasteiger partial charge in [0.05, 0.1) is 24.4 Å². The number of carbonyl (C=O) groups is 2. The fourth-order valence-electron chi connectivity index (χ4n) is 4.08. The highest BCUT2D eigenvalue weighted by atomic mass is 16.7. The highest BCUT2D eigenvalue weighted by Crippen LogP contribution is 2.37. The van der Waals surface area contributed by atoms with E-state index in [1.54, 1.807) is 0 Å². The minimum absolute atomic E-state index is 0.0389. The average molecular weight is 427 g/mol. The van der Waals surface area contributed by atoms with Crippen LogP contribution in [-0.2, 0) is 33.3 Å². The van der Waals surface area contributed by atoms with Gasteiger partial charge in [0, 0.05) is 24.7 Å². The van der Waals surface area contributed by atoms with Gasteiger partial charge in [0.1, 0.15) is 18.8 Å². The molecule has 0 aromatic rings. The normalized spacial score (nSPS) is 41.4. The van der Waals surface area contributed by atoms with Gasteiger partial charge >= 0.3 is 11.9 Å². The van der Waals surface area contributed by atoms with Gasteiger partial charge < -0.3 is 23.7 Å². The minimum Gasteiger partial charge on any atom is -0.463 e. The first-order chi connectivity index (χ1) is 14.1. The molecule has 0 spiro atoms. The van der Waals surface area contributed by atoms with E-state index in [-0.39, 0.29) is 36.6 Å². The molecule has 30 heavy (non-hydrogen) atoms. The molecule has 0 aromatic heterocycles. The first-order valence-electron chi connectivity index (χ1n) is 10.4. The summed E-state index contributed by atoms with van der Waals surface area (Å²) in [6, 6.07) is -0.599. The van der Waals surface area contributed by atoms with Gasteiger partial charge in [-0.25, -0.2) is 0 Å². The number of carbonyl (C=O) groups excluding carboxylic acids is 2. The summed E-state index contributed by atoms with van der Waals surface area (Å²) in [6.45, 7) is 12.4. The number of azide groups is 1. The van der Waals surface area contributed by atoms with Gasteiger partial charge in [-0.1, -0.05) is 25.9 Å². The van der Waals surface area contributed by atoms with Crippen LogP contribution >= 0.6 is 0 Å².